The molecule has 0 aliphatic carbocycles. The van der Waals surface area contributed by atoms with E-state index in [9.17, 15) is 8.42 Å². The number of hydrogen-bond acceptors (Lipinski definition) is 3. The molecule has 0 bridgehead atoms. The van der Waals surface area contributed by atoms with Gasteiger partial charge in [0.25, 0.3) is 0 Å². The lowest BCUT2D eigenvalue weighted by Crippen LogP contribution is -2.11. The van der Waals surface area contributed by atoms with Crippen LogP contribution in [0, 0.1) is 0 Å². The maximum Gasteiger partial charge on any atom is 0.150 e. The summed E-state index contributed by atoms with van der Waals surface area (Å²) >= 11 is 0. The SMILES string of the molecule is CCNCc1ccc2c(ccn2CCCS(=O)(=O)CC)c1. The largest absolute Gasteiger partial charge is 0.347 e. The molecule has 0 atom stereocenters. The van der Waals surface area contributed by atoms with Crippen LogP contribution in [0.3, 0.4) is 0 Å². The Hall–Kier alpha value is -1.33. The van der Waals surface area contributed by atoms with Crippen molar-refractivity contribution in [2.45, 2.75) is 33.4 Å². The van der Waals surface area contributed by atoms with Crippen LogP contribution >= 0.6 is 0 Å². The molecular weight excluding hydrogens is 284 g/mol. The van der Waals surface area contributed by atoms with Gasteiger partial charge in [-0.1, -0.05) is 19.9 Å². The van der Waals surface area contributed by atoms with E-state index in [1.807, 2.05) is 6.20 Å². The second kappa shape index (κ2) is 7.09. The zero-order valence-corrected chi connectivity index (χ0v) is 13.6. The van der Waals surface area contributed by atoms with Gasteiger partial charge in [0.05, 0.1) is 5.75 Å². The predicted octanol–water partition coefficient (Wildman–Crippen LogP) is 2.58. The maximum atomic E-state index is 11.5. The molecule has 116 valence electrons. The van der Waals surface area contributed by atoms with Gasteiger partial charge in [-0.2, -0.15) is 0 Å². The Morgan fingerprint density at radius 1 is 1.19 bits per heavy atom. The van der Waals surface area contributed by atoms with E-state index in [1.165, 1.54) is 16.5 Å². The molecule has 4 nitrogen and oxygen atoms in total. The molecular formula is C16H24N2O2S. The zero-order chi connectivity index (χ0) is 15.3. The Morgan fingerprint density at radius 3 is 2.71 bits per heavy atom. The number of aryl methyl sites for hydroxylation is 1. The van der Waals surface area contributed by atoms with Gasteiger partial charge < -0.3 is 9.88 Å². The van der Waals surface area contributed by atoms with Crippen LogP contribution in [0.25, 0.3) is 10.9 Å². The van der Waals surface area contributed by atoms with Crippen LogP contribution in [0.2, 0.25) is 0 Å². The number of nitrogens with one attached hydrogen (secondary N) is 1. The van der Waals surface area contributed by atoms with Crippen molar-refractivity contribution in [2.24, 2.45) is 0 Å². The normalized spacial score (nSPS) is 12.1. The van der Waals surface area contributed by atoms with Crippen molar-refractivity contribution < 1.29 is 8.42 Å². The highest BCUT2D eigenvalue weighted by atomic mass is 32.2. The molecule has 1 heterocycles. The molecule has 1 aromatic heterocycles. The number of nitrogens with zero attached hydrogens (tertiary/aromatic N) is 1. The summed E-state index contributed by atoms with van der Waals surface area (Å²) in [5.74, 6) is 0.495. The van der Waals surface area contributed by atoms with Gasteiger partial charge in [-0.3, -0.25) is 0 Å². The molecule has 0 aliphatic rings. The minimum atomic E-state index is -2.86. The topological polar surface area (TPSA) is 51.1 Å². The molecule has 0 saturated heterocycles. The van der Waals surface area contributed by atoms with E-state index >= 15 is 0 Å². The molecule has 0 spiro atoms. The number of rotatable bonds is 8. The fourth-order valence-electron chi connectivity index (χ4n) is 2.42. The van der Waals surface area contributed by atoms with Crippen molar-refractivity contribution in [1.29, 1.82) is 0 Å². The third-order valence-corrected chi connectivity index (χ3v) is 5.50. The predicted molar refractivity (Wildman–Crippen MR) is 88.3 cm³/mol. The van der Waals surface area contributed by atoms with E-state index in [4.69, 9.17) is 0 Å². The number of hydrogen-bond donors (Lipinski definition) is 1. The lowest BCUT2D eigenvalue weighted by molar-refractivity contribution is 0.589. The highest BCUT2D eigenvalue weighted by molar-refractivity contribution is 7.91. The van der Waals surface area contributed by atoms with Crippen LogP contribution in [0.1, 0.15) is 25.8 Å². The third-order valence-electron chi connectivity index (χ3n) is 3.71. The molecule has 21 heavy (non-hydrogen) atoms. The van der Waals surface area contributed by atoms with Crippen molar-refractivity contribution in [3.8, 4) is 0 Å². The Morgan fingerprint density at radius 2 is 2.00 bits per heavy atom. The van der Waals surface area contributed by atoms with E-state index < -0.39 is 9.84 Å². The summed E-state index contributed by atoms with van der Waals surface area (Å²) in [5, 5.41) is 4.53. The van der Waals surface area contributed by atoms with Gasteiger partial charge in [-0.15, -0.1) is 0 Å². The fourth-order valence-corrected chi connectivity index (χ4v) is 3.28. The molecule has 0 aliphatic heterocycles. The summed E-state index contributed by atoms with van der Waals surface area (Å²) in [6, 6.07) is 8.54. The van der Waals surface area contributed by atoms with Crippen molar-refractivity contribution in [1.82, 2.24) is 9.88 Å². The maximum absolute atomic E-state index is 11.5. The van der Waals surface area contributed by atoms with Gasteiger partial charge in [-0.05, 0) is 42.1 Å². The van der Waals surface area contributed by atoms with Crippen LogP contribution < -0.4 is 5.32 Å². The van der Waals surface area contributed by atoms with Gasteiger partial charge >= 0.3 is 0 Å². The summed E-state index contributed by atoms with van der Waals surface area (Å²) in [5.41, 5.74) is 2.44. The minimum absolute atomic E-state index is 0.229. The number of fused-ring (bicyclic) bond motifs is 1. The van der Waals surface area contributed by atoms with E-state index in [0.29, 0.717) is 6.42 Å². The fraction of sp³-hybridized carbons (Fsp3) is 0.500. The second-order valence-corrected chi connectivity index (χ2v) is 7.75. The molecule has 0 radical (unpaired) electrons. The van der Waals surface area contributed by atoms with E-state index in [1.54, 1.807) is 6.92 Å². The quantitative estimate of drug-likeness (QED) is 0.815. The van der Waals surface area contributed by atoms with Gasteiger partial charge in [0.1, 0.15) is 9.84 Å². The van der Waals surface area contributed by atoms with Gasteiger partial charge in [-0.25, -0.2) is 8.42 Å². The lowest BCUT2D eigenvalue weighted by Gasteiger charge is -2.07. The van der Waals surface area contributed by atoms with Crippen LogP contribution in [0.4, 0.5) is 0 Å². The molecule has 1 aromatic carbocycles. The van der Waals surface area contributed by atoms with Crippen LogP contribution in [-0.2, 0) is 22.9 Å². The molecule has 2 rings (SSSR count). The molecule has 2 aromatic rings. The molecule has 0 fully saturated rings. The highest BCUT2D eigenvalue weighted by Gasteiger charge is 2.08. The first-order chi connectivity index (χ1) is 10.1. The third kappa shape index (κ3) is 4.32. The summed E-state index contributed by atoms with van der Waals surface area (Å²) in [6.45, 7) is 6.39. The summed E-state index contributed by atoms with van der Waals surface area (Å²) in [4.78, 5) is 0. The van der Waals surface area contributed by atoms with Crippen molar-refractivity contribution in [3.05, 3.63) is 36.0 Å². The first kappa shape index (κ1) is 16.0. The van der Waals surface area contributed by atoms with E-state index in [0.717, 1.165) is 19.6 Å². The molecule has 0 amide bonds. The van der Waals surface area contributed by atoms with Crippen LogP contribution in [0.5, 0.6) is 0 Å². The first-order valence-electron chi connectivity index (χ1n) is 7.54. The smallest absolute Gasteiger partial charge is 0.150 e. The number of benzene rings is 1. The van der Waals surface area contributed by atoms with Crippen LogP contribution in [0.15, 0.2) is 30.5 Å². The minimum Gasteiger partial charge on any atom is -0.347 e. The van der Waals surface area contributed by atoms with Gasteiger partial charge in [0.2, 0.25) is 0 Å². The Bertz CT molecular complexity index is 689. The average Bonchev–Trinajstić information content (AvgIpc) is 2.87. The van der Waals surface area contributed by atoms with Gasteiger partial charge in [0.15, 0.2) is 0 Å². The first-order valence-corrected chi connectivity index (χ1v) is 9.37. The molecule has 0 saturated carbocycles. The highest BCUT2D eigenvalue weighted by Crippen LogP contribution is 2.18. The van der Waals surface area contributed by atoms with Crippen molar-refractivity contribution in [2.75, 3.05) is 18.1 Å². The zero-order valence-electron chi connectivity index (χ0n) is 12.8. The number of sulfone groups is 1. The Kier molecular flexibility index (Phi) is 5.42. The second-order valence-electron chi connectivity index (χ2n) is 5.27. The van der Waals surface area contributed by atoms with Crippen LogP contribution in [-0.4, -0.2) is 31.0 Å². The van der Waals surface area contributed by atoms with Crippen molar-refractivity contribution in [3.63, 3.8) is 0 Å². The monoisotopic (exact) mass is 308 g/mol. The Balaban J connectivity index is 2.05. The standard InChI is InChI=1S/C16H24N2O2S/c1-3-17-13-14-6-7-16-15(12-14)8-10-18(16)9-5-11-21(19,20)4-2/h6-8,10,12,17H,3-5,9,11,13H2,1-2H3. The van der Waals surface area contributed by atoms with Gasteiger partial charge in [0, 0.05) is 30.6 Å². The number of aromatic nitrogens is 1. The lowest BCUT2D eigenvalue weighted by atomic mass is 10.1. The average molecular weight is 308 g/mol. The van der Waals surface area contributed by atoms with E-state index in [-0.39, 0.29) is 11.5 Å². The molecule has 0 unspecified atom stereocenters. The summed E-state index contributed by atoms with van der Waals surface area (Å²) < 4.78 is 25.2. The van der Waals surface area contributed by atoms with Crippen molar-refractivity contribution >= 4 is 20.7 Å². The van der Waals surface area contributed by atoms with E-state index in [2.05, 4.69) is 41.1 Å². The molecule has 5 heteroatoms. The molecule has 1 N–H and O–H groups in total. The summed E-state index contributed by atoms with van der Waals surface area (Å²) in [6.07, 6.45) is 2.71. The Labute approximate surface area is 127 Å². The summed E-state index contributed by atoms with van der Waals surface area (Å²) in [7, 11) is -2.86.